The van der Waals surface area contributed by atoms with Crippen molar-refractivity contribution in [2.75, 3.05) is 5.73 Å². The largest absolute Gasteiger partial charge is 0.506 e. The summed E-state index contributed by atoms with van der Waals surface area (Å²) in [6.07, 6.45) is 0. The molecule has 0 saturated heterocycles. The zero-order chi connectivity index (χ0) is 13.1. The number of hydrogen-bond acceptors (Lipinski definition) is 3. The Morgan fingerprint density at radius 2 is 1.83 bits per heavy atom. The number of rotatable bonds is 3. The summed E-state index contributed by atoms with van der Waals surface area (Å²) < 4.78 is 0. The molecule has 0 bridgehead atoms. The molecular weight excluding hydrogens is 242 g/mol. The van der Waals surface area contributed by atoms with E-state index in [4.69, 9.17) is 5.73 Å². The average Bonchev–Trinajstić information content (AvgIpc) is 2.35. The van der Waals surface area contributed by atoms with Crippen LogP contribution in [0.2, 0.25) is 0 Å². The van der Waals surface area contributed by atoms with Gasteiger partial charge in [0.2, 0.25) is 0 Å². The van der Waals surface area contributed by atoms with Crippen molar-refractivity contribution in [1.82, 2.24) is 0 Å². The number of benzene rings is 2. The second kappa shape index (κ2) is 5.36. The molecule has 0 aliphatic rings. The number of hydrogen-bond donors (Lipinski definition) is 2. The maximum Gasteiger partial charge on any atom is 0.138 e. The van der Waals surface area contributed by atoms with Gasteiger partial charge in [0, 0.05) is 10.6 Å². The van der Waals surface area contributed by atoms with Crippen LogP contribution in [0.3, 0.4) is 0 Å². The molecule has 18 heavy (non-hydrogen) atoms. The summed E-state index contributed by atoms with van der Waals surface area (Å²) in [5, 5.41) is 9.36. The SMILES string of the molecule is Cc1ccc(SCc2ccc(O)c(N)c2)cc1C. The molecule has 0 aromatic heterocycles. The summed E-state index contributed by atoms with van der Waals surface area (Å²) in [5.41, 5.74) is 9.86. The molecule has 0 aliphatic heterocycles. The molecule has 0 unspecified atom stereocenters. The van der Waals surface area contributed by atoms with Gasteiger partial charge in [-0.25, -0.2) is 0 Å². The molecule has 3 N–H and O–H groups in total. The molecule has 2 aromatic carbocycles. The first-order valence-corrected chi connectivity index (χ1v) is 6.82. The highest BCUT2D eigenvalue weighted by Gasteiger charge is 2.01. The number of phenolic OH excluding ortho intramolecular Hbond substituents is 1. The fourth-order valence-corrected chi connectivity index (χ4v) is 2.60. The number of aryl methyl sites for hydroxylation is 2. The molecule has 2 aromatic rings. The van der Waals surface area contributed by atoms with Crippen LogP contribution in [0.1, 0.15) is 16.7 Å². The van der Waals surface area contributed by atoms with Crippen LogP contribution < -0.4 is 5.73 Å². The fraction of sp³-hybridized carbons (Fsp3) is 0.200. The van der Waals surface area contributed by atoms with E-state index in [1.54, 1.807) is 17.8 Å². The van der Waals surface area contributed by atoms with Gasteiger partial charge in [-0.2, -0.15) is 0 Å². The Morgan fingerprint density at radius 1 is 1.06 bits per heavy atom. The van der Waals surface area contributed by atoms with Gasteiger partial charge in [0.1, 0.15) is 5.75 Å². The van der Waals surface area contributed by atoms with Gasteiger partial charge in [0.25, 0.3) is 0 Å². The van der Waals surface area contributed by atoms with E-state index >= 15 is 0 Å². The Labute approximate surface area is 112 Å². The van der Waals surface area contributed by atoms with Gasteiger partial charge in [0.15, 0.2) is 0 Å². The minimum absolute atomic E-state index is 0.148. The number of nitrogen functional groups attached to an aromatic ring is 1. The summed E-state index contributed by atoms with van der Waals surface area (Å²) in [6, 6.07) is 11.8. The van der Waals surface area contributed by atoms with Crippen molar-refractivity contribution in [2.45, 2.75) is 24.5 Å². The van der Waals surface area contributed by atoms with Gasteiger partial charge >= 0.3 is 0 Å². The Kier molecular flexibility index (Phi) is 3.82. The molecule has 0 heterocycles. The molecule has 94 valence electrons. The summed E-state index contributed by atoms with van der Waals surface area (Å²) >= 11 is 1.77. The van der Waals surface area contributed by atoms with Crippen LogP contribution in [0.5, 0.6) is 5.75 Å². The van der Waals surface area contributed by atoms with Gasteiger partial charge in [-0.05, 0) is 54.8 Å². The summed E-state index contributed by atoms with van der Waals surface area (Å²) in [7, 11) is 0. The lowest BCUT2D eigenvalue weighted by molar-refractivity contribution is 0.478. The van der Waals surface area contributed by atoms with Crippen molar-refractivity contribution in [3.63, 3.8) is 0 Å². The molecule has 2 nitrogen and oxygen atoms in total. The molecule has 0 spiro atoms. The van der Waals surface area contributed by atoms with Gasteiger partial charge in [0.05, 0.1) is 5.69 Å². The zero-order valence-corrected chi connectivity index (χ0v) is 11.4. The van der Waals surface area contributed by atoms with Crippen molar-refractivity contribution in [2.24, 2.45) is 0 Å². The number of nitrogens with two attached hydrogens (primary N) is 1. The minimum Gasteiger partial charge on any atom is -0.506 e. The first-order chi connectivity index (χ1) is 8.56. The summed E-state index contributed by atoms with van der Waals surface area (Å²) in [4.78, 5) is 1.25. The van der Waals surface area contributed by atoms with Crippen LogP contribution in [0.4, 0.5) is 5.69 Å². The zero-order valence-electron chi connectivity index (χ0n) is 10.6. The molecule has 0 atom stereocenters. The highest BCUT2D eigenvalue weighted by Crippen LogP contribution is 2.27. The number of phenols is 1. The first-order valence-electron chi connectivity index (χ1n) is 5.83. The van der Waals surface area contributed by atoms with Crippen LogP contribution in [-0.4, -0.2) is 5.11 Å². The lowest BCUT2D eigenvalue weighted by Gasteiger charge is -2.06. The van der Waals surface area contributed by atoms with Crippen molar-refractivity contribution >= 4 is 17.4 Å². The second-order valence-corrected chi connectivity index (χ2v) is 5.48. The van der Waals surface area contributed by atoms with Crippen LogP contribution in [0.15, 0.2) is 41.3 Å². The minimum atomic E-state index is 0.148. The Morgan fingerprint density at radius 3 is 2.50 bits per heavy atom. The van der Waals surface area contributed by atoms with E-state index in [9.17, 15) is 5.11 Å². The predicted octanol–water partition coefficient (Wildman–Crippen LogP) is 3.88. The molecular formula is C15H17NOS. The Hall–Kier alpha value is -1.61. The molecule has 0 amide bonds. The van der Waals surface area contributed by atoms with Crippen LogP contribution in [0.25, 0.3) is 0 Å². The normalized spacial score (nSPS) is 10.6. The number of thioether (sulfide) groups is 1. The monoisotopic (exact) mass is 259 g/mol. The van der Waals surface area contributed by atoms with E-state index in [0.29, 0.717) is 5.69 Å². The Bertz CT molecular complexity index is 515. The fourth-order valence-electron chi connectivity index (χ4n) is 1.66. The highest BCUT2D eigenvalue weighted by atomic mass is 32.2. The van der Waals surface area contributed by atoms with Gasteiger partial charge in [-0.3, -0.25) is 0 Å². The van der Waals surface area contributed by atoms with E-state index in [1.165, 1.54) is 16.0 Å². The molecule has 0 aliphatic carbocycles. The van der Waals surface area contributed by atoms with Crippen LogP contribution in [-0.2, 0) is 5.75 Å². The van der Waals surface area contributed by atoms with Crippen LogP contribution in [0, 0.1) is 13.8 Å². The topological polar surface area (TPSA) is 46.2 Å². The van der Waals surface area contributed by atoms with E-state index < -0.39 is 0 Å². The van der Waals surface area contributed by atoms with Crippen molar-refractivity contribution in [1.29, 1.82) is 0 Å². The van der Waals surface area contributed by atoms with Crippen LogP contribution >= 0.6 is 11.8 Å². The lowest BCUT2D eigenvalue weighted by atomic mass is 10.1. The average molecular weight is 259 g/mol. The first kappa shape index (κ1) is 12.8. The lowest BCUT2D eigenvalue weighted by Crippen LogP contribution is -1.88. The van der Waals surface area contributed by atoms with E-state index in [0.717, 1.165) is 11.3 Å². The quantitative estimate of drug-likeness (QED) is 0.499. The second-order valence-electron chi connectivity index (χ2n) is 4.43. The number of anilines is 1. The van der Waals surface area contributed by atoms with E-state index in [1.807, 2.05) is 12.1 Å². The van der Waals surface area contributed by atoms with Gasteiger partial charge in [-0.15, -0.1) is 11.8 Å². The molecule has 0 saturated carbocycles. The smallest absolute Gasteiger partial charge is 0.138 e. The third-order valence-corrected chi connectivity index (χ3v) is 4.04. The predicted molar refractivity (Wildman–Crippen MR) is 78.0 cm³/mol. The summed E-state index contributed by atoms with van der Waals surface area (Å²) in [5.74, 6) is 1.00. The maximum atomic E-state index is 9.36. The number of aromatic hydroxyl groups is 1. The van der Waals surface area contributed by atoms with Gasteiger partial charge in [-0.1, -0.05) is 12.1 Å². The Balaban J connectivity index is 2.06. The third-order valence-electron chi connectivity index (χ3n) is 2.98. The summed E-state index contributed by atoms with van der Waals surface area (Å²) in [6.45, 7) is 4.24. The highest BCUT2D eigenvalue weighted by molar-refractivity contribution is 7.98. The van der Waals surface area contributed by atoms with E-state index in [2.05, 4.69) is 32.0 Å². The molecule has 3 heteroatoms. The molecule has 2 rings (SSSR count). The molecule has 0 radical (unpaired) electrons. The van der Waals surface area contributed by atoms with Crippen molar-refractivity contribution in [3.05, 3.63) is 53.1 Å². The molecule has 0 fully saturated rings. The van der Waals surface area contributed by atoms with E-state index in [-0.39, 0.29) is 5.75 Å². The third kappa shape index (κ3) is 2.99. The van der Waals surface area contributed by atoms with Crippen molar-refractivity contribution in [3.8, 4) is 5.75 Å². The maximum absolute atomic E-state index is 9.36. The van der Waals surface area contributed by atoms with Crippen molar-refractivity contribution < 1.29 is 5.11 Å². The van der Waals surface area contributed by atoms with Gasteiger partial charge < -0.3 is 10.8 Å². The standard InChI is InChI=1S/C15H17NOS/c1-10-3-5-13(7-11(10)2)18-9-12-4-6-15(17)14(16)8-12/h3-8,17H,9,16H2,1-2H3.